The fourth-order valence-electron chi connectivity index (χ4n) is 2.92. The lowest BCUT2D eigenvalue weighted by atomic mass is 9.80. The molecular weight excluding hydrogens is 247 g/mol. The van der Waals surface area contributed by atoms with Crippen LogP contribution in [0.15, 0.2) is 36.4 Å². The molecule has 20 heavy (non-hydrogen) atoms. The van der Waals surface area contributed by atoms with Crippen LogP contribution in [0.25, 0.3) is 0 Å². The highest BCUT2D eigenvalue weighted by molar-refractivity contribution is 5.36. The Morgan fingerprint density at radius 2 is 1.85 bits per heavy atom. The number of allylic oxidation sites excluding steroid dienone is 2. The molecule has 1 heteroatoms. The molecule has 1 fully saturated rings. The van der Waals surface area contributed by atoms with Crippen LogP contribution in [0.3, 0.4) is 0 Å². The molecule has 0 unspecified atom stereocenters. The van der Waals surface area contributed by atoms with Gasteiger partial charge in [-0.15, -0.1) is 0 Å². The minimum Gasteiger partial charge on any atom is -0.207 e. The SMILES string of the molecule is CCC[C@H]1CC[C@H](/C=C/C#Cc2ccc(F)cc2)CC1. The van der Waals surface area contributed by atoms with Crippen LogP contribution in [0.1, 0.15) is 51.0 Å². The number of halogens is 1. The van der Waals surface area contributed by atoms with E-state index in [1.807, 2.05) is 6.08 Å². The van der Waals surface area contributed by atoms with Crippen molar-refractivity contribution in [1.29, 1.82) is 0 Å². The molecule has 0 nitrogen and oxygen atoms in total. The van der Waals surface area contributed by atoms with E-state index in [2.05, 4.69) is 24.8 Å². The smallest absolute Gasteiger partial charge is 0.123 e. The number of hydrogen-bond donors (Lipinski definition) is 0. The summed E-state index contributed by atoms with van der Waals surface area (Å²) < 4.78 is 12.7. The van der Waals surface area contributed by atoms with E-state index in [4.69, 9.17) is 0 Å². The lowest BCUT2D eigenvalue weighted by Crippen LogP contribution is -2.12. The first-order chi connectivity index (χ1) is 9.78. The molecule has 0 atom stereocenters. The molecule has 0 N–H and O–H groups in total. The van der Waals surface area contributed by atoms with Crippen molar-refractivity contribution < 1.29 is 4.39 Å². The summed E-state index contributed by atoms with van der Waals surface area (Å²) in [5.41, 5.74) is 0.864. The largest absolute Gasteiger partial charge is 0.207 e. The maximum Gasteiger partial charge on any atom is 0.123 e. The van der Waals surface area contributed by atoms with Gasteiger partial charge in [0, 0.05) is 5.56 Å². The minimum absolute atomic E-state index is 0.213. The molecular formula is C19H23F. The number of rotatable bonds is 3. The van der Waals surface area contributed by atoms with Gasteiger partial charge in [0.1, 0.15) is 5.82 Å². The van der Waals surface area contributed by atoms with Crippen LogP contribution in [-0.2, 0) is 0 Å². The molecule has 0 aliphatic heterocycles. The first-order valence-corrected chi connectivity index (χ1v) is 7.71. The Morgan fingerprint density at radius 1 is 1.15 bits per heavy atom. The van der Waals surface area contributed by atoms with Gasteiger partial charge in [-0.2, -0.15) is 0 Å². The summed E-state index contributed by atoms with van der Waals surface area (Å²) in [7, 11) is 0. The first kappa shape index (κ1) is 14.9. The van der Waals surface area contributed by atoms with Crippen LogP contribution >= 0.6 is 0 Å². The van der Waals surface area contributed by atoms with Crippen LogP contribution < -0.4 is 0 Å². The summed E-state index contributed by atoms with van der Waals surface area (Å²) in [6.45, 7) is 2.27. The van der Waals surface area contributed by atoms with Gasteiger partial charge in [-0.25, -0.2) is 4.39 Å². The maximum atomic E-state index is 12.7. The summed E-state index contributed by atoms with van der Waals surface area (Å²) in [5.74, 6) is 7.53. The Balaban J connectivity index is 1.79. The van der Waals surface area contributed by atoms with Crippen molar-refractivity contribution in [2.75, 3.05) is 0 Å². The fraction of sp³-hybridized carbons (Fsp3) is 0.474. The molecule has 0 amide bonds. The van der Waals surface area contributed by atoms with Crippen LogP contribution in [0.2, 0.25) is 0 Å². The number of hydrogen-bond acceptors (Lipinski definition) is 0. The van der Waals surface area contributed by atoms with Crippen molar-refractivity contribution >= 4 is 0 Å². The van der Waals surface area contributed by atoms with Gasteiger partial charge in [-0.05, 0) is 67.9 Å². The average Bonchev–Trinajstić information content (AvgIpc) is 2.47. The first-order valence-electron chi connectivity index (χ1n) is 7.71. The highest BCUT2D eigenvalue weighted by atomic mass is 19.1. The molecule has 1 aliphatic carbocycles. The summed E-state index contributed by atoms with van der Waals surface area (Å²) in [6, 6.07) is 6.32. The van der Waals surface area contributed by atoms with Crippen molar-refractivity contribution in [3.8, 4) is 11.8 Å². The number of benzene rings is 1. The third kappa shape index (κ3) is 4.85. The van der Waals surface area contributed by atoms with Gasteiger partial charge >= 0.3 is 0 Å². The Morgan fingerprint density at radius 3 is 2.50 bits per heavy atom. The molecule has 2 rings (SSSR count). The van der Waals surface area contributed by atoms with Crippen LogP contribution in [0.5, 0.6) is 0 Å². The van der Waals surface area contributed by atoms with Gasteiger partial charge in [0.15, 0.2) is 0 Å². The molecule has 1 aromatic carbocycles. The van der Waals surface area contributed by atoms with E-state index in [-0.39, 0.29) is 5.82 Å². The maximum absolute atomic E-state index is 12.7. The van der Waals surface area contributed by atoms with E-state index in [0.717, 1.165) is 11.5 Å². The quantitative estimate of drug-likeness (QED) is 0.650. The molecule has 106 valence electrons. The Kier molecular flexibility index (Phi) is 5.87. The van der Waals surface area contributed by atoms with Gasteiger partial charge < -0.3 is 0 Å². The predicted octanol–water partition coefficient (Wildman–Crippen LogP) is 5.34. The third-order valence-electron chi connectivity index (χ3n) is 4.10. The second-order valence-electron chi connectivity index (χ2n) is 5.70. The Labute approximate surface area is 122 Å². The molecule has 0 bridgehead atoms. The molecule has 1 aromatic rings. The van der Waals surface area contributed by atoms with Crippen molar-refractivity contribution in [3.05, 3.63) is 47.8 Å². The summed E-state index contributed by atoms with van der Waals surface area (Å²) in [6.07, 6.45) is 12.3. The monoisotopic (exact) mass is 270 g/mol. The van der Waals surface area contributed by atoms with E-state index >= 15 is 0 Å². The molecule has 1 aliphatic rings. The zero-order valence-electron chi connectivity index (χ0n) is 12.2. The average molecular weight is 270 g/mol. The molecule has 0 aromatic heterocycles. The fourth-order valence-corrected chi connectivity index (χ4v) is 2.92. The van der Waals surface area contributed by atoms with Crippen LogP contribution in [-0.4, -0.2) is 0 Å². The van der Waals surface area contributed by atoms with E-state index in [1.54, 1.807) is 12.1 Å². The molecule has 0 spiro atoms. The third-order valence-corrected chi connectivity index (χ3v) is 4.10. The van der Waals surface area contributed by atoms with E-state index in [1.165, 1.54) is 50.7 Å². The molecule has 0 saturated heterocycles. The molecule has 0 radical (unpaired) electrons. The van der Waals surface area contributed by atoms with E-state index in [9.17, 15) is 4.39 Å². The van der Waals surface area contributed by atoms with Gasteiger partial charge in [0.05, 0.1) is 0 Å². The second-order valence-corrected chi connectivity index (χ2v) is 5.70. The zero-order chi connectivity index (χ0) is 14.2. The topological polar surface area (TPSA) is 0 Å². The standard InChI is InChI=1S/C19H23F/c1-2-5-16-8-10-17(11-9-16)6-3-4-7-18-12-14-19(20)15-13-18/h3,6,12-17H,2,5,8-11H2,1H3/b6-3+/t16-,17-. The highest BCUT2D eigenvalue weighted by Gasteiger charge is 2.18. The molecule has 1 saturated carbocycles. The van der Waals surface area contributed by atoms with Crippen molar-refractivity contribution in [2.45, 2.75) is 45.4 Å². The summed E-state index contributed by atoms with van der Waals surface area (Å²) >= 11 is 0. The Bertz CT molecular complexity index is 479. The van der Waals surface area contributed by atoms with Crippen molar-refractivity contribution in [3.63, 3.8) is 0 Å². The summed E-state index contributed by atoms with van der Waals surface area (Å²) in [5, 5.41) is 0. The zero-order valence-corrected chi connectivity index (χ0v) is 12.2. The van der Waals surface area contributed by atoms with Crippen LogP contribution in [0, 0.1) is 29.5 Å². The normalized spacial score (nSPS) is 22.5. The second kappa shape index (κ2) is 7.90. The van der Waals surface area contributed by atoms with Crippen LogP contribution in [0.4, 0.5) is 4.39 Å². The van der Waals surface area contributed by atoms with Crippen molar-refractivity contribution in [2.24, 2.45) is 11.8 Å². The van der Waals surface area contributed by atoms with E-state index in [0.29, 0.717) is 5.92 Å². The predicted molar refractivity (Wildman–Crippen MR) is 82.8 cm³/mol. The summed E-state index contributed by atoms with van der Waals surface area (Å²) in [4.78, 5) is 0. The van der Waals surface area contributed by atoms with Gasteiger partial charge in [0.25, 0.3) is 0 Å². The lowest BCUT2D eigenvalue weighted by Gasteiger charge is -2.26. The van der Waals surface area contributed by atoms with Gasteiger partial charge in [-0.3, -0.25) is 0 Å². The minimum atomic E-state index is -0.213. The highest BCUT2D eigenvalue weighted by Crippen LogP contribution is 2.31. The van der Waals surface area contributed by atoms with Crippen molar-refractivity contribution in [1.82, 2.24) is 0 Å². The van der Waals surface area contributed by atoms with E-state index < -0.39 is 0 Å². The lowest BCUT2D eigenvalue weighted by molar-refractivity contribution is 0.294. The Hall–Kier alpha value is -1.55. The molecule has 0 heterocycles. The van der Waals surface area contributed by atoms with Gasteiger partial charge in [-0.1, -0.05) is 37.7 Å². The van der Waals surface area contributed by atoms with Gasteiger partial charge in [0.2, 0.25) is 0 Å².